The fraction of sp³-hybridized carbons (Fsp3) is 0.615. The number of hydrogen-bond donors (Lipinski definition) is 1. The molecule has 1 saturated heterocycles. The molecule has 0 amide bonds. The van der Waals surface area contributed by atoms with Crippen molar-refractivity contribution in [2.75, 3.05) is 20.8 Å². The van der Waals surface area contributed by atoms with Crippen LogP contribution in [0.15, 0.2) is 16.5 Å². The fourth-order valence-electron chi connectivity index (χ4n) is 2.34. The standard InChI is InChI=1S/C13H19NO4/c1-8-6-7-17-12(8)11(14-2)9-4-5-10(18-9)13(15)16-3/h4-5,8,11-12,14H,6-7H2,1-3H3. The van der Waals surface area contributed by atoms with E-state index in [1.165, 1.54) is 7.11 Å². The van der Waals surface area contributed by atoms with Gasteiger partial charge in [-0.1, -0.05) is 6.92 Å². The van der Waals surface area contributed by atoms with Crippen molar-refractivity contribution in [1.29, 1.82) is 0 Å². The molecule has 3 atom stereocenters. The quantitative estimate of drug-likeness (QED) is 0.828. The number of esters is 1. The van der Waals surface area contributed by atoms with Crippen molar-refractivity contribution < 1.29 is 18.7 Å². The Morgan fingerprint density at radius 1 is 1.56 bits per heavy atom. The van der Waals surface area contributed by atoms with Gasteiger partial charge in [0.25, 0.3) is 0 Å². The Labute approximate surface area is 106 Å². The van der Waals surface area contributed by atoms with Crippen molar-refractivity contribution in [2.45, 2.75) is 25.5 Å². The van der Waals surface area contributed by atoms with E-state index in [-0.39, 0.29) is 17.9 Å². The molecule has 5 heteroatoms. The van der Waals surface area contributed by atoms with Crippen LogP contribution in [0, 0.1) is 5.92 Å². The largest absolute Gasteiger partial charge is 0.463 e. The van der Waals surface area contributed by atoms with Gasteiger partial charge in [-0.2, -0.15) is 0 Å². The van der Waals surface area contributed by atoms with Gasteiger partial charge in [0.1, 0.15) is 5.76 Å². The Balaban J connectivity index is 2.17. The normalized spacial score (nSPS) is 25.1. The average Bonchev–Trinajstić information content (AvgIpc) is 3.00. The Morgan fingerprint density at radius 2 is 2.33 bits per heavy atom. The van der Waals surface area contributed by atoms with Gasteiger partial charge in [-0.25, -0.2) is 4.79 Å². The highest BCUT2D eigenvalue weighted by molar-refractivity contribution is 5.86. The molecule has 1 N–H and O–H groups in total. The predicted octanol–water partition coefficient (Wildman–Crippen LogP) is 1.75. The number of carbonyl (C=O) groups excluding carboxylic acids is 1. The summed E-state index contributed by atoms with van der Waals surface area (Å²) in [4.78, 5) is 11.4. The van der Waals surface area contributed by atoms with Crippen LogP contribution in [0.1, 0.15) is 35.7 Å². The topological polar surface area (TPSA) is 60.7 Å². The molecule has 0 spiro atoms. The Morgan fingerprint density at radius 3 is 2.89 bits per heavy atom. The molecule has 1 fully saturated rings. The number of carbonyl (C=O) groups is 1. The number of ether oxygens (including phenoxy) is 2. The maximum atomic E-state index is 11.4. The highest BCUT2D eigenvalue weighted by Gasteiger charge is 2.34. The SMILES string of the molecule is CNC(c1ccc(C(=O)OC)o1)C1OCCC1C. The van der Waals surface area contributed by atoms with Crippen LogP contribution in [0.5, 0.6) is 0 Å². The number of methoxy groups -OCH3 is 1. The Kier molecular flexibility index (Phi) is 4.04. The summed E-state index contributed by atoms with van der Waals surface area (Å²) in [6.45, 7) is 2.93. The zero-order chi connectivity index (χ0) is 13.1. The van der Waals surface area contributed by atoms with E-state index in [1.54, 1.807) is 12.1 Å². The molecule has 0 aliphatic carbocycles. The highest BCUT2D eigenvalue weighted by atomic mass is 16.5. The summed E-state index contributed by atoms with van der Waals surface area (Å²) in [6, 6.07) is 3.38. The predicted molar refractivity (Wildman–Crippen MR) is 65.4 cm³/mol. The summed E-state index contributed by atoms with van der Waals surface area (Å²) in [5, 5.41) is 3.19. The molecular weight excluding hydrogens is 234 g/mol. The van der Waals surface area contributed by atoms with Gasteiger partial charge in [-0.3, -0.25) is 0 Å². The molecule has 0 aromatic carbocycles. The van der Waals surface area contributed by atoms with Crippen LogP contribution in [0.2, 0.25) is 0 Å². The molecule has 2 rings (SSSR count). The number of rotatable bonds is 4. The molecule has 1 aromatic rings. The van der Waals surface area contributed by atoms with Gasteiger partial charge in [0, 0.05) is 6.61 Å². The smallest absolute Gasteiger partial charge is 0.373 e. The van der Waals surface area contributed by atoms with E-state index in [2.05, 4.69) is 17.0 Å². The molecule has 3 unspecified atom stereocenters. The van der Waals surface area contributed by atoms with Crippen LogP contribution in [-0.4, -0.2) is 32.8 Å². The first kappa shape index (κ1) is 13.1. The summed E-state index contributed by atoms with van der Waals surface area (Å²) < 4.78 is 15.9. The van der Waals surface area contributed by atoms with Crippen molar-refractivity contribution in [3.8, 4) is 0 Å². The molecule has 2 heterocycles. The minimum Gasteiger partial charge on any atom is -0.463 e. The molecule has 18 heavy (non-hydrogen) atoms. The Hall–Kier alpha value is -1.33. The lowest BCUT2D eigenvalue weighted by Gasteiger charge is -2.23. The lowest BCUT2D eigenvalue weighted by Crippen LogP contribution is -2.32. The number of likely N-dealkylation sites (N-methyl/N-ethyl adjacent to an activating group) is 1. The summed E-state index contributed by atoms with van der Waals surface area (Å²) in [5.74, 6) is 0.931. The van der Waals surface area contributed by atoms with Crippen LogP contribution >= 0.6 is 0 Å². The van der Waals surface area contributed by atoms with Crippen LogP contribution < -0.4 is 5.32 Å². The third kappa shape index (κ3) is 2.42. The molecule has 1 aliphatic rings. The van der Waals surface area contributed by atoms with Gasteiger partial charge in [0.15, 0.2) is 0 Å². The van der Waals surface area contributed by atoms with Crippen molar-refractivity contribution in [3.63, 3.8) is 0 Å². The van der Waals surface area contributed by atoms with Crippen molar-refractivity contribution in [1.82, 2.24) is 5.32 Å². The molecule has 100 valence electrons. The molecule has 0 bridgehead atoms. The fourth-order valence-corrected chi connectivity index (χ4v) is 2.34. The first-order valence-corrected chi connectivity index (χ1v) is 6.14. The second kappa shape index (κ2) is 5.54. The number of nitrogens with one attached hydrogen (secondary N) is 1. The van der Waals surface area contributed by atoms with Crippen LogP contribution in [0.3, 0.4) is 0 Å². The van der Waals surface area contributed by atoms with E-state index in [4.69, 9.17) is 9.15 Å². The van der Waals surface area contributed by atoms with Crippen molar-refractivity contribution in [3.05, 3.63) is 23.7 Å². The van der Waals surface area contributed by atoms with Crippen molar-refractivity contribution >= 4 is 5.97 Å². The van der Waals surface area contributed by atoms with Gasteiger partial charge >= 0.3 is 5.97 Å². The van der Waals surface area contributed by atoms with Gasteiger partial charge in [-0.05, 0) is 31.5 Å². The van der Waals surface area contributed by atoms with Crippen molar-refractivity contribution in [2.24, 2.45) is 5.92 Å². The second-order valence-electron chi connectivity index (χ2n) is 4.56. The second-order valence-corrected chi connectivity index (χ2v) is 4.56. The minimum absolute atomic E-state index is 0.0408. The lowest BCUT2D eigenvalue weighted by molar-refractivity contribution is 0.0502. The summed E-state index contributed by atoms with van der Waals surface area (Å²) in [6.07, 6.45) is 1.12. The minimum atomic E-state index is -0.462. The van der Waals surface area contributed by atoms with E-state index in [1.807, 2.05) is 7.05 Å². The van der Waals surface area contributed by atoms with Crippen LogP contribution in [0.25, 0.3) is 0 Å². The van der Waals surface area contributed by atoms with E-state index < -0.39 is 5.97 Å². The number of furan rings is 1. The van der Waals surface area contributed by atoms with Gasteiger partial charge < -0.3 is 19.2 Å². The molecule has 1 aliphatic heterocycles. The summed E-state index contributed by atoms with van der Waals surface area (Å²) >= 11 is 0. The zero-order valence-corrected chi connectivity index (χ0v) is 10.9. The maximum Gasteiger partial charge on any atom is 0.373 e. The average molecular weight is 253 g/mol. The molecule has 0 saturated carbocycles. The first-order valence-electron chi connectivity index (χ1n) is 6.14. The lowest BCUT2D eigenvalue weighted by atomic mass is 9.96. The van der Waals surface area contributed by atoms with Crippen LogP contribution in [0.4, 0.5) is 0 Å². The van der Waals surface area contributed by atoms with Crippen LogP contribution in [-0.2, 0) is 9.47 Å². The van der Waals surface area contributed by atoms with E-state index in [0.29, 0.717) is 11.7 Å². The zero-order valence-electron chi connectivity index (χ0n) is 10.9. The molecular formula is C13H19NO4. The van der Waals surface area contributed by atoms with Gasteiger partial charge in [0.2, 0.25) is 5.76 Å². The van der Waals surface area contributed by atoms with E-state index >= 15 is 0 Å². The summed E-state index contributed by atoms with van der Waals surface area (Å²) in [5.41, 5.74) is 0. The van der Waals surface area contributed by atoms with Gasteiger partial charge in [-0.15, -0.1) is 0 Å². The number of hydrogen-bond acceptors (Lipinski definition) is 5. The molecule has 1 aromatic heterocycles. The van der Waals surface area contributed by atoms with E-state index in [9.17, 15) is 4.79 Å². The monoisotopic (exact) mass is 253 g/mol. The Bertz CT molecular complexity index is 415. The highest BCUT2D eigenvalue weighted by Crippen LogP contribution is 2.31. The summed E-state index contributed by atoms with van der Waals surface area (Å²) in [7, 11) is 3.20. The van der Waals surface area contributed by atoms with E-state index in [0.717, 1.165) is 13.0 Å². The molecule has 5 nitrogen and oxygen atoms in total. The van der Waals surface area contributed by atoms with Gasteiger partial charge in [0.05, 0.1) is 19.3 Å². The maximum absolute atomic E-state index is 11.4. The third-order valence-corrected chi connectivity index (χ3v) is 3.40. The molecule has 0 radical (unpaired) electrons. The first-order chi connectivity index (χ1) is 8.67. The third-order valence-electron chi connectivity index (χ3n) is 3.40.